The lowest BCUT2D eigenvalue weighted by atomic mass is 10.1. The Morgan fingerprint density at radius 3 is 2.62 bits per heavy atom. The van der Waals surface area contributed by atoms with Crippen LogP contribution in [0.25, 0.3) is 27.8 Å². The van der Waals surface area contributed by atoms with Crippen molar-refractivity contribution in [2.24, 2.45) is 7.05 Å². The van der Waals surface area contributed by atoms with Gasteiger partial charge in [-0.05, 0) is 42.0 Å². The number of fused-ring (bicyclic) bond motifs is 1. The molecule has 0 spiro atoms. The van der Waals surface area contributed by atoms with Gasteiger partial charge in [0, 0.05) is 36.6 Å². The van der Waals surface area contributed by atoms with Crippen LogP contribution in [-0.2, 0) is 11.8 Å². The molecule has 0 saturated heterocycles. The van der Waals surface area contributed by atoms with E-state index in [2.05, 4.69) is 33.6 Å². The van der Waals surface area contributed by atoms with Gasteiger partial charge in [0.2, 0.25) is 5.91 Å². The van der Waals surface area contributed by atoms with Crippen molar-refractivity contribution in [3.8, 4) is 16.8 Å². The fourth-order valence-electron chi connectivity index (χ4n) is 2.92. The summed E-state index contributed by atoms with van der Waals surface area (Å²) in [6, 6.07) is 14.0. The van der Waals surface area contributed by atoms with E-state index in [-0.39, 0.29) is 5.91 Å². The largest absolute Gasteiger partial charge is 0.326 e. The topological polar surface area (TPSA) is 64.7 Å². The smallest absolute Gasteiger partial charge is 0.224 e. The summed E-state index contributed by atoms with van der Waals surface area (Å²) in [5, 5.41) is 7.08. The molecule has 0 bridgehead atoms. The molecule has 1 N–H and O–H groups in total. The summed E-state index contributed by atoms with van der Waals surface area (Å²) in [6.45, 7) is 1.83. The van der Waals surface area contributed by atoms with Crippen LogP contribution in [0.15, 0.2) is 61.2 Å². The maximum Gasteiger partial charge on any atom is 0.224 e. The highest BCUT2D eigenvalue weighted by atomic mass is 16.1. The second-order valence-electron chi connectivity index (χ2n) is 6.17. The number of nitrogens with one attached hydrogen (secondary N) is 1. The van der Waals surface area contributed by atoms with Gasteiger partial charge in [-0.3, -0.25) is 14.0 Å². The third-order valence-corrected chi connectivity index (χ3v) is 4.34. The van der Waals surface area contributed by atoms with Crippen LogP contribution in [0.3, 0.4) is 0 Å². The van der Waals surface area contributed by atoms with Gasteiger partial charge in [0.1, 0.15) is 6.33 Å². The van der Waals surface area contributed by atoms with E-state index < -0.39 is 0 Å². The zero-order chi connectivity index (χ0) is 18.1. The van der Waals surface area contributed by atoms with Crippen molar-refractivity contribution in [3.05, 3.63) is 61.2 Å². The number of rotatable bonds is 4. The van der Waals surface area contributed by atoms with Crippen LogP contribution in [0, 0.1) is 0 Å². The van der Waals surface area contributed by atoms with Gasteiger partial charge in [-0.15, -0.1) is 0 Å². The molecule has 26 heavy (non-hydrogen) atoms. The maximum absolute atomic E-state index is 11.5. The van der Waals surface area contributed by atoms with E-state index >= 15 is 0 Å². The second kappa shape index (κ2) is 6.48. The van der Waals surface area contributed by atoms with Crippen LogP contribution < -0.4 is 5.32 Å². The van der Waals surface area contributed by atoms with Crippen LogP contribution in [0.1, 0.15) is 13.3 Å². The van der Waals surface area contributed by atoms with E-state index in [1.54, 1.807) is 4.68 Å². The number of anilines is 1. The van der Waals surface area contributed by atoms with Crippen molar-refractivity contribution in [2.75, 3.05) is 5.32 Å². The number of aromatic nitrogens is 4. The molecule has 0 aliphatic rings. The molecule has 6 heteroatoms. The SMILES string of the molecule is CCC(=O)Nc1ccc(-n2cnc3cc(-c4cnn(C)c4)ccc32)cc1. The molecular formula is C20H19N5O. The van der Waals surface area contributed by atoms with Gasteiger partial charge in [-0.2, -0.15) is 5.10 Å². The summed E-state index contributed by atoms with van der Waals surface area (Å²) in [7, 11) is 1.91. The molecule has 130 valence electrons. The number of benzene rings is 2. The molecule has 6 nitrogen and oxygen atoms in total. The average molecular weight is 345 g/mol. The summed E-state index contributed by atoms with van der Waals surface area (Å²) in [5.41, 5.74) is 5.91. The second-order valence-corrected chi connectivity index (χ2v) is 6.17. The standard InChI is InChI=1S/C20H19N5O/c1-3-20(26)23-16-5-7-17(8-6-16)25-13-21-18-10-14(4-9-19(18)25)15-11-22-24(2)12-15/h4-13H,3H2,1-2H3,(H,23,26). The first-order valence-electron chi connectivity index (χ1n) is 8.50. The van der Waals surface area contributed by atoms with Crippen LogP contribution in [0.5, 0.6) is 0 Å². The van der Waals surface area contributed by atoms with Crippen molar-refractivity contribution in [1.29, 1.82) is 0 Å². The minimum absolute atomic E-state index is 0.00811. The molecule has 2 aromatic carbocycles. The number of hydrogen-bond donors (Lipinski definition) is 1. The number of imidazole rings is 1. The number of amides is 1. The molecule has 4 aromatic rings. The Bertz CT molecular complexity index is 1080. The molecular weight excluding hydrogens is 326 g/mol. The van der Waals surface area contributed by atoms with Crippen molar-refractivity contribution in [2.45, 2.75) is 13.3 Å². The Morgan fingerprint density at radius 2 is 1.92 bits per heavy atom. The van der Waals surface area contributed by atoms with Gasteiger partial charge in [0.25, 0.3) is 0 Å². The van der Waals surface area contributed by atoms with E-state index in [0.29, 0.717) is 6.42 Å². The fraction of sp³-hybridized carbons (Fsp3) is 0.150. The summed E-state index contributed by atoms with van der Waals surface area (Å²) in [5.74, 6) is 0.00811. The van der Waals surface area contributed by atoms with Gasteiger partial charge >= 0.3 is 0 Å². The molecule has 2 aromatic heterocycles. The van der Waals surface area contributed by atoms with Gasteiger partial charge in [-0.1, -0.05) is 13.0 Å². The van der Waals surface area contributed by atoms with Crippen molar-refractivity contribution >= 4 is 22.6 Å². The Morgan fingerprint density at radius 1 is 1.12 bits per heavy atom. The minimum atomic E-state index is 0.00811. The molecule has 4 rings (SSSR count). The highest BCUT2D eigenvalue weighted by molar-refractivity contribution is 5.90. The van der Waals surface area contributed by atoms with Gasteiger partial charge in [0.15, 0.2) is 0 Å². The molecule has 0 aliphatic heterocycles. The first-order chi connectivity index (χ1) is 12.6. The molecule has 0 unspecified atom stereocenters. The predicted octanol–water partition coefficient (Wildman–Crippen LogP) is 3.77. The number of carbonyl (C=O) groups is 1. The quantitative estimate of drug-likeness (QED) is 0.612. The number of carbonyl (C=O) groups excluding carboxylic acids is 1. The highest BCUT2D eigenvalue weighted by Crippen LogP contribution is 2.25. The lowest BCUT2D eigenvalue weighted by Crippen LogP contribution is -2.09. The number of aryl methyl sites for hydroxylation is 1. The third-order valence-electron chi connectivity index (χ3n) is 4.34. The minimum Gasteiger partial charge on any atom is -0.326 e. The lowest BCUT2D eigenvalue weighted by Gasteiger charge is -2.07. The maximum atomic E-state index is 11.5. The Hall–Kier alpha value is -3.41. The summed E-state index contributed by atoms with van der Waals surface area (Å²) < 4.78 is 3.82. The highest BCUT2D eigenvalue weighted by Gasteiger charge is 2.08. The van der Waals surface area contributed by atoms with E-state index in [4.69, 9.17) is 0 Å². The van der Waals surface area contributed by atoms with E-state index in [1.165, 1.54) is 0 Å². The predicted molar refractivity (Wildman–Crippen MR) is 102 cm³/mol. The summed E-state index contributed by atoms with van der Waals surface area (Å²) in [4.78, 5) is 16.0. The van der Waals surface area contributed by atoms with Crippen LogP contribution in [0.2, 0.25) is 0 Å². The summed E-state index contributed by atoms with van der Waals surface area (Å²) in [6.07, 6.45) is 6.12. The van der Waals surface area contributed by atoms with Crippen LogP contribution in [0.4, 0.5) is 5.69 Å². The lowest BCUT2D eigenvalue weighted by molar-refractivity contribution is -0.115. The van der Waals surface area contributed by atoms with Gasteiger partial charge in [0.05, 0.1) is 17.2 Å². The van der Waals surface area contributed by atoms with Crippen LogP contribution in [-0.4, -0.2) is 25.2 Å². The van der Waals surface area contributed by atoms with Crippen molar-refractivity contribution in [1.82, 2.24) is 19.3 Å². The molecule has 0 fully saturated rings. The molecule has 0 aliphatic carbocycles. The van der Waals surface area contributed by atoms with E-state index in [9.17, 15) is 4.79 Å². The molecule has 1 amide bonds. The third kappa shape index (κ3) is 2.97. The zero-order valence-corrected chi connectivity index (χ0v) is 14.7. The normalized spacial score (nSPS) is 11.0. The van der Waals surface area contributed by atoms with E-state index in [1.807, 2.05) is 61.5 Å². The Balaban J connectivity index is 1.66. The molecule has 0 saturated carbocycles. The molecule has 0 radical (unpaired) electrons. The van der Waals surface area contributed by atoms with E-state index in [0.717, 1.165) is 33.5 Å². The van der Waals surface area contributed by atoms with Crippen LogP contribution >= 0.6 is 0 Å². The number of nitrogens with zero attached hydrogens (tertiary/aromatic N) is 4. The molecule has 2 heterocycles. The van der Waals surface area contributed by atoms with Crippen molar-refractivity contribution in [3.63, 3.8) is 0 Å². The average Bonchev–Trinajstić information content (AvgIpc) is 3.28. The monoisotopic (exact) mass is 345 g/mol. The first kappa shape index (κ1) is 16.1. The van der Waals surface area contributed by atoms with Gasteiger partial charge in [-0.25, -0.2) is 4.98 Å². The van der Waals surface area contributed by atoms with Crippen molar-refractivity contribution < 1.29 is 4.79 Å². The zero-order valence-electron chi connectivity index (χ0n) is 14.7. The number of hydrogen-bond acceptors (Lipinski definition) is 3. The summed E-state index contributed by atoms with van der Waals surface area (Å²) >= 11 is 0. The van der Waals surface area contributed by atoms with Gasteiger partial charge < -0.3 is 5.32 Å². The Kier molecular flexibility index (Phi) is 4.01. The first-order valence-corrected chi connectivity index (χ1v) is 8.50. The Labute approximate surface area is 151 Å². The fourth-order valence-corrected chi connectivity index (χ4v) is 2.92. The molecule has 0 atom stereocenters.